The molecule has 0 N–H and O–H groups in total. The molecule has 1 aliphatic heterocycles. The van der Waals surface area contributed by atoms with Crippen LogP contribution in [0.25, 0.3) is 11.1 Å². The van der Waals surface area contributed by atoms with E-state index in [2.05, 4.69) is 64.1 Å². The van der Waals surface area contributed by atoms with Crippen LogP contribution in [0.4, 0.5) is 0 Å². The average Bonchev–Trinajstić information content (AvgIpc) is 2.71. The maximum Gasteiger partial charge on any atom is 1.00 e. The van der Waals surface area contributed by atoms with Gasteiger partial charge in [0.15, 0.2) is 6.29 Å². The Bertz CT molecular complexity index is 744. The van der Waals surface area contributed by atoms with Crippen molar-refractivity contribution in [3.8, 4) is 16.9 Å². The van der Waals surface area contributed by atoms with E-state index < -0.39 is 8.07 Å². The predicted octanol–water partition coefficient (Wildman–Crippen LogP) is 3.09. The summed E-state index contributed by atoms with van der Waals surface area (Å²) in [4.78, 5) is 0. The SMILES string of the molecule is CC[Si](CC)(CC)c1cccc(-c2[c-]ccc(C)c2)c1OC1CCCCO1.[Li+]. The number of benzene rings is 2. The normalized spacial score (nSPS) is 17.1. The zero-order valence-electron chi connectivity index (χ0n) is 18.3. The third-order valence-corrected chi connectivity index (χ3v) is 11.8. The number of rotatable bonds is 7. The van der Waals surface area contributed by atoms with Gasteiger partial charge in [0.1, 0.15) is 0 Å². The van der Waals surface area contributed by atoms with Crippen LogP contribution in [0.5, 0.6) is 5.75 Å². The van der Waals surface area contributed by atoms with E-state index in [1.807, 2.05) is 6.07 Å². The zero-order valence-corrected chi connectivity index (χ0v) is 19.3. The molecule has 2 aromatic carbocycles. The molecule has 1 heterocycles. The summed E-state index contributed by atoms with van der Waals surface area (Å²) in [6.07, 6.45) is 3.17. The van der Waals surface area contributed by atoms with E-state index in [1.54, 1.807) is 0 Å². The summed E-state index contributed by atoms with van der Waals surface area (Å²) >= 11 is 0. The molecule has 0 aliphatic carbocycles. The Morgan fingerprint density at radius 1 is 1.11 bits per heavy atom. The van der Waals surface area contributed by atoms with E-state index in [1.165, 1.54) is 35.3 Å². The topological polar surface area (TPSA) is 18.5 Å². The molecule has 146 valence electrons. The molecule has 1 fully saturated rings. The Morgan fingerprint density at radius 3 is 2.46 bits per heavy atom. The van der Waals surface area contributed by atoms with Gasteiger partial charge in [-0.25, -0.2) is 0 Å². The van der Waals surface area contributed by atoms with Crippen molar-refractivity contribution < 1.29 is 28.3 Å². The van der Waals surface area contributed by atoms with Crippen LogP contribution in [-0.2, 0) is 4.74 Å². The Kier molecular flexibility index (Phi) is 8.90. The van der Waals surface area contributed by atoms with Crippen molar-refractivity contribution in [2.24, 2.45) is 0 Å². The molecule has 28 heavy (non-hydrogen) atoms. The van der Waals surface area contributed by atoms with Crippen LogP contribution in [0.1, 0.15) is 45.6 Å². The van der Waals surface area contributed by atoms with E-state index in [0.29, 0.717) is 0 Å². The van der Waals surface area contributed by atoms with Crippen molar-refractivity contribution in [2.45, 2.75) is 71.4 Å². The van der Waals surface area contributed by atoms with Gasteiger partial charge in [0.2, 0.25) is 0 Å². The molecule has 0 aromatic heterocycles. The third-order valence-electron chi connectivity index (χ3n) is 6.25. The van der Waals surface area contributed by atoms with Gasteiger partial charge in [-0.15, -0.1) is 35.4 Å². The van der Waals surface area contributed by atoms with Crippen LogP contribution in [-0.4, -0.2) is 21.0 Å². The second-order valence-electron chi connectivity index (χ2n) is 7.72. The minimum Gasteiger partial charge on any atom is -0.474 e. The molecule has 0 spiro atoms. The van der Waals surface area contributed by atoms with Crippen molar-refractivity contribution in [3.05, 3.63) is 48.0 Å². The van der Waals surface area contributed by atoms with Gasteiger partial charge < -0.3 is 9.47 Å². The van der Waals surface area contributed by atoms with Gasteiger partial charge in [-0.2, -0.15) is 0 Å². The minimum absolute atomic E-state index is 0. The molecule has 2 aromatic rings. The first-order chi connectivity index (χ1) is 13.1. The standard InChI is InChI=1S/C24H33O2Si.Li/c1-5-27(6-2,7-3)22-15-11-14-21(20-13-10-12-19(4)18-20)24(22)26-23-16-8-9-17-25-23;/h10-12,14-15,18,23H,5-9,16-17H2,1-4H3;/q-1;+1. The monoisotopic (exact) mass is 388 g/mol. The first-order valence-corrected chi connectivity index (χ1v) is 13.2. The summed E-state index contributed by atoms with van der Waals surface area (Å²) in [5.41, 5.74) is 3.53. The predicted molar refractivity (Wildman–Crippen MR) is 117 cm³/mol. The van der Waals surface area contributed by atoms with Crippen molar-refractivity contribution >= 4 is 13.3 Å². The molecule has 1 aliphatic rings. The summed E-state index contributed by atoms with van der Waals surface area (Å²) in [6, 6.07) is 20.2. The van der Waals surface area contributed by atoms with Crippen molar-refractivity contribution in [3.63, 3.8) is 0 Å². The van der Waals surface area contributed by atoms with Crippen molar-refractivity contribution in [1.82, 2.24) is 0 Å². The Hall–Kier alpha value is -0.986. The Morgan fingerprint density at radius 2 is 1.86 bits per heavy atom. The molecule has 0 radical (unpaired) electrons. The molecule has 4 heteroatoms. The van der Waals surface area contributed by atoms with Gasteiger partial charge in [-0.3, -0.25) is 0 Å². The first kappa shape index (κ1) is 23.3. The van der Waals surface area contributed by atoms with Gasteiger partial charge in [0, 0.05) is 6.42 Å². The molecule has 0 amide bonds. The number of hydrogen-bond donors (Lipinski definition) is 0. The van der Waals surface area contributed by atoms with Gasteiger partial charge in [0.25, 0.3) is 0 Å². The van der Waals surface area contributed by atoms with Crippen molar-refractivity contribution in [1.29, 1.82) is 0 Å². The van der Waals surface area contributed by atoms with Crippen LogP contribution in [0, 0.1) is 13.0 Å². The van der Waals surface area contributed by atoms with E-state index in [0.717, 1.165) is 36.3 Å². The molecule has 2 nitrogen and oxygen atoms in total. The van der Waals surface area contributed by atoms with Gasteiger partial charge in [-0.05, 0) is 18.0 Å². The fourth-order valence-corrected chi connectivity index (χ4v) is 8.05. The van der Waals surface area contributed by atoms with E-state index in [-0.39, 0.29) is 25.2 Å². The van der Waals surface area contributed by atoms with Crippen LogP contribution in [0.3, 0.4) is 0 Å². The minimum atomic E-state index is -1.59. The molecular weight excluding hydrogens is 355 g/mol. The Balaban J connectivity index is 0.00000280. The summed E-state index contributed by atoms with van der Waals surface area (Å²) in [5, 5.41) is 1.46. The second kappa shape index (κ2) is 10.7. The second-order valence-corrected chi connectivity index (χ2v) is 12.9. The van der Waals surface area contributed by atoms with Gasteiger partial charge in [0.05, 0.1) is 20.4 Å². The fourth-order valence-electron chi connectivity index (χ4n) is 4.29. The number of hydrogen-bond acceptors (Lipinski definition) is 2. The summed E-state index contributed by atoms with van der Waals surface area (Å²) in [7, 11) is -1.59. The molecule has 0 bridgehead atoms. The quantitative estimate of drug-likeness (QED) is 0.536. The fraction of sp³-hybridized carbons (Fsp3) is 0.500. The molecule has 3 rings (SSSR count). The van der Waals surface area contributed by atoms with Crippen LogP contribution >= 0.6 is 0 Å². The van der Waals surface area contributed by atoms with E-state index in [4.69, 9.17) is 9.47 Å². The Labute approximate surface area is 184 Å². The maximum absolute atomic E-state index is 6.62. The summed E-state index contributed by atoms with van der Waals surface area (Å²) in [6.45, 7) is 9.99. The van der Waals surface area contributed by atoms with Gasteiger partial charge >= 0.3 is 18.9 Å². The zero-order chi connectivity index (χ0) is 19.3. The average molecular weight is 389 g/mol. The molecular formula is C24H33LiO2Si. The largest absolute Gasteiger partial charge is 1.00 e. The van der Waals surface area contributed by atoms with Crippen molar-refractivity contribution in [2.75, 3.05) is 6.61 Å². The smallest absolute Gasteiger partial charge is 0.474 e. The molecule has 1 atom stereocenters. The van der Waals surface area contributed by atoms with Gasteiger partial charge in [-0.1, -0.05) is 69.6 Å². The van der Waals surface area contributed by atoms with Crippen LogP contribution in [0.15, 0.2) is 36.4 Å². The summed E-state index contributed by atoms with van der Waals surface area (Å²) in [5.74, 6) is 1.06. The van der Waals surface area contributed by atoms with Crippen LogP contribution < -0.4 is 28.8 Å². The third kappa shape index (κ3) is 4.94. The maximum atomic E-state index is 6.62. The van der Waals surface area contributed by atoms with E-state index >= 15 is 0 Å². The number of para-hydroxylation sites is 1. The molecule has 0 saturated carbocycles. The number of aryl methyl sites for hydroxylation is 1. The summed E-state index contributed by atoms with van der Waals surface area (Å²) < 4.78 is 12.6. The van der Waals surface area contributed by atoms with E-state index in [9.17, 15) is 0 Å². The number of ether oxygens (including phenoxy) is 2. The van der Waals surface area contributed by atoms with Crippen LogP contribution in [0.2, 0.25) is 18.1 Å². The molecule has 1 unspecified atom stereocenters. The first-order valence-electron chi connectivity index (χ1n) is 10.5. The molecule has 1 saturated heterocycles.